The lowest BCUT2D eigenvalue weighted by molar-refractivity contribution is 0.601. The van der Waals surface area contributed by atoms with Crippen LogP contribution in [0.5, 0.6) is 0 Å². The zero-order valence-corrected chi connectivity index (χ0v) is 11.8. The van der Waals surface area contributed by atoms with Gasteiger partial charge in [-0.2, -0.15) is 0 Å². The average molecular weight is 261 g/mol. The topological polar surface area (TPSA) is 67.1 Å². The van der Waals surface area contributed by atoms with Crippen LogP contribution in [0.3, 0.4) is 0 Å². The summed E-state index contributed by atoms with van der Waals surface area (Å²) in [6.07, 6.45) is 4.98. The maximum Gasteiger partial charge on any atom is 0.145 e. The summed E-state index contributed by atoms with van der Waals surface area (Å²) in [5.74, 6) is 9.46. The van der Waals surface area contributed by atoms with Crippen molar-refractivity contribution in [1.29, 1.82) is 0 Å². The quantitative estimate of drug-likeness (QED) is 0.607. The van der Waals surface area contributed by atoms with Gasteiger partial charge in [0.05, 0.1) is 0 Å². The lowest BCUT2D eigenvalue weighted by Gasteiger charge is -2.26. The standard InChI is InChI=1S/C14H23N5/c1-9(2)8-19(11-5-6-11)13-7-12(18-15)16-14(17-13)10-3-4-10/h7,9-11H,3-6,8,15H2,1-2H3,(H,16,17,18). The molecule has 104 valence electrons. The number of hydrogen-bond acceptors (Lipinski definition) is 5. The minimum atomic E-state index is 0.548. The fraction of sp³-hybridized carbons (Fsp3) is 0.714. The molecule has 1 aromatic rings. The molecule has 0 bridgehead atoms. The number of hydrogen-bond donors (Lipinski definition) is 2. The maximum atomic E-state index is 5.54. The lowest BCUT2D eigenvalue weighted by Crippen LogP contribution is -2.31. The summed E-state index contributed by atoms with van der Waals surface area (Å²) >= 11 is 0. The Morgan fingerprint density at radius 3 is 2.58 bits per heavy atom. The summed E-state index contributed by atoms with van der Waals surface area (Å²) in [6, 6.07) is 2.64. The number of nitrogens with zero attached hydrogens (tertiary/aromatic N) is 3. The first-order valence-electron chi connectivity index (χ1n) is 7.29. The Morgan fingerprint density at radius 2 is 2.05 bits per heavy atom. The Bertz CT molecular complexity index is 451. The predicted octanol–water partition coefficient (Wildman–Crippen LogP) is 2.26. The van der Waals surface area contributed by atoms with Crippen molar-refractivity contribution in [3.8, 4) is 0 Å². The van der Waals surface area contributed by atoms with E-state index >= 15 is 0 Å². The van der Waals surface area contributed by atoms with Crippen molar-refractivity contribution in [2.75, 3.05) is 16.9 Å². The first-order chi connectivity index (χ1) is 9.17. The third-order valence-corrected chi connectivity index (χ3v) is 3.66. The highest BCUT2D eigenvalue weighted by atomic mass is 15.3. The van der Waals surface area contributed by atoms with E-state index in [2.05, 4.69) is 29.2 Å². The number of hydrazine groups is 1. The number of rotatable bonds is 6. The molecule has 0 unspecified atom stereocenters. The molecule has 0 saturated heterocycles. The molecule has 0 atom stereocenters. The van der Waals surface area contributed by atoms with E-state index in [9.17, 15) is 0 Å². The first kappa shape index (κ1) is 12.7. The van der Waals surface area contributed by atoms with Gasteiger partial charge < -0.3 is 10.3 Å². The Balaban J connectivity index is 1.89. The molecule has 2 fully saturated rings. The van der Waals surface area contributed by atoms with Crippen LogP contribution in [-0.4, -0.2) is 22.6 Å². The number of nitrogen functional groups attached to an aromatic ring is 1. The monoisotopic (exact) mass is 261 g/mol. The molecule has 3 rings (SSSR count). The van der Waals surface area contributed by atoms with Crippen LogP contribution in [0.15, 0.2) is 6.07 Å². The third kappa shape index (κ3) is 2.97. The summed E-state index contributed by atoms with van der Waals surface area (Å²) < 4.78 is 0. The average Bonchev–Trinajstić information content (AvgIpc) is 3.28. The van der Waals surface area contributed by atoms with Gasteiger partial charge in [0.2, 0.25) is 0 Å². The predicted molar refractivity (Wildman–Crippen MR) is 77.0 cm³/mol. The molecular weight excluding hydrogens is 238 g/mol. The van der Waals surface area contributed by atoms with E-state index in [-0.39, 0.29) is 0 Å². The van der Waals surface area contributed by atoms with Crippen LogP contribution in [0.4, 0.5) is 11.6 Å². The first-order valence-corrected chi connectivity index (χ1v) is 7.29. The van der Waals surface area contributed by atoms with E-state index in [4.69, 9.17) is 10.8 Å². The molecule has 2 aliphatic rings. The van der Waals surface area contributed by atoms with Crippen molar-refractivity contribution in [2.24, 2.45) is 11.8 Å². The SMILES string of the molecule is CC(C)CN(c1cc(NN)nc(C2CC2)n1)C1CC1. The second-order valence-corrected chi connectivity index (χ2v) is 6.17. The molecule has 0 amide bonds. The van der Waals surface area contributed by atoms with Crippen LogP contribution >= 0.6 is 0 Å². The molecule has 0 radical (unpaired) electrons. The summed E-state index contributed by atoms with van der Waals surface area (Å²) in [6.45, 7) is 5.55. The largest absolute Gasteiger partial charge is 0.353 e. The highest BCUT2D eigenvalue weighted by Crippen LogP contribution is 2.40. The second-order valence-electron chi connectivity index (χ2n) is 6.17. The Hall–Kier alpha value is -1.36. The van der Waals surface area contributed by atoms with Gasteiger partial charge in [0, 0.05) is 24.6 Å². The van der Waals surface area contributed by atoms with Crippen LogP contribution < -0.4 is 16.2 Å². The van der Waals surface area contributed by atoms with Crippen molar-refractivity contribution >= 4 is 11.6 Å². The van der Waals surface area contributed by atoms with Crippen molar-refractivity contribution in [2.45, 2.75) is 51.5 Å². The van der Waals surface area contributed by atoms with Gasteiger partial charge >= 0.3 is 0 Å². The van der Waals surface area contributed by atoms with E-state index in [0.29, 0.717) is 17.9 Å². The fourth-order valence-electron chi connectivity index (χ4n) is 2.41. The van der Waals surface area contributed by atoms with E-state index in [1.165, 1.54) is 25.7 Å². The van der Waals surface area contributed by atoms with Crippen LogP contribution in [0.1, 0.15) is 51.3 Å². The molecule has 19 heavy (non-hydrogen) atoms. The minimum absolute atomic E-state index is 0.548. The number of nitrogens with two attached hydrogens (primary N) is 1. The normalized spacial score (nSPS) is 18.7. The molecule has 0 aliphatic heterocycles. The summed E-state index contributed by atoms with van der Waals surface area (Å²) in [5.41, 5.74) is 2.68. The van der Waals surface area contributed by atoms with Gasteiger partial charge in [0.15, 0.2) is 0 Å². The highest BCUT2D eigenvalue weighted by molar-refractivity contribution is 5.51. The summed E-state index contributed by atoms with van der Waals surface area (Å²) in [4.78, 5) is 11.7. The van der Waals surface area contributed by atoms with Crippen LogP contribution in [0.2, 0.25) is 0 Å². The van der Waals surface area contributed by atoms with Crippen LogP contribution in [0.25, 0.3) is 0 Å². The Labute approximate surface area is 114 Å². The maximum absolute atomic E-state index is 5.54. The second kappa shape index (κ2) is 4.96. The molecule has 2 aliphatic carbocycles. The molecule has 5 nitrogen and oxygen atoms in total. The summed E-state index contributed by atoms with van der Waals surface area (Å²) in [7, 11) is 0. The molecule has 5 heteroatoms. The number of aromatic nitrogens is 2. The van der Waals surface area contributed by atoms with Gasteiger partial charge in [-0.05, 0) is 31.6 Å². The van der Waals surface area contributed by atoms with Crippen LogP contribution in [-0.2, 0) is 0 Å². The molecule has 0 spiro atoms. The fourth-order valence-corrected chi connectivity index (χ4v) is 2.41. The van der Waals surface area contributed by atoms with Crippen molar-refractivity contribution < 1.29 is 0 Å². The number of nitrogens with one attached hydrogen (secondary N) is 1. The molecule has 2 saturated carbocycles. The van der Waals surface area contributed by atoms with E-state index in [0.717, 1.165) is 24.0 Å². The van der Waals surface area contributed by atoms with Crippen LogP contribution in [0, 0.1) is 5.92 Å². The Kier molecular flexibility index (Phi) is 3.31. The Morgan fingerprint density at radius 1 is 1.32 bits per heavy atom. The lowest BCUT2D eigenvalue weighted by atomic mass is 10.2. The molecule has 3 N–H and O–H groups in total. The van der Waals surface area contributed by atoms with Gasteiger partial charge in [-0.3, -0.25) is 0 Å². The van der Waals surface area contributed by atoms with E-state index in [1.54, 1.807) is 0 Å². The summed E-state index contributed by atoms with van der Waals surface area (Å²) in [5, 5.41) is 0. The third-order valence-electron chi connectivity index (χ3n) is 3.66. The van der Waals surface area contributed by atoms with Gasteiger partial charge in [0.25, 0.3) is 0 Å². The zero-order chi connectivity index (χ0) is 13.4. The zero-order valence-electron chi connectivity index (χ0n) is 11.8. The van der Waals surface area contributed by atoms with Gasteiger partial charge in [-0.25, -0.2) is 15.8 Å². The highest BCUT2D eigenvalue weighted by Gasteiger charge is 2.32. The molecular formula is C14H23N5. The van der Waals surface area contributed by atoms with Gasteiger partial charge in [0.1, 0.15) is 17.5 Å². The van der Waals surface area contributed by atoms with Gasteiger partial charge in [-0.15, -0.1) is 0 Å². The van der Waals surface area contributed by atoms with E-state index < -0.39 is 0 Å². The van der Waals surface area contributed by atoms with Gasteiger partial charge in [-0.1, -0.05) is 13.8 Å². The van der Waals surface area contributed by atoms with Crippen molar-refractivity contribution in [3.63, 3.8) is 0 Å². The van der Waals surface area contributed by atoms with Crippen molar-refractivity contribution in [3.05, 3.63) is 11.9 Å². The minimum Gasteiger partial charge on any atom is -0.353 e. The molecule has 0 aromatic carbocycles. The molecule has 1 aromatic heterocycles. The van der Waals surface area contributed by atoms with E-state index in [1.807, 2.05) is 6.07 Å². The smallest absolute Gasteiger partial charge is 0.145 e. The molecule has 1 heterocycles. The number of anilines is 2. The van der Waals surface area contributed by atoms with Crippen molar-refractivity contribution in [1.82, 2.24) is 9.97 Å².